The van der Waals surface area contributed by atoms with Gasteiger partial charge in [0, 0.05) is 31.2 Å². The van der Waals surface area contributed by atoms with E-state index in [0.717, 1.165) is 12.1 Å². The topological polar surface area (TPSA) is 57.7 Å². The first-order valence-electron chi connectivity index (χ1n) is 7.16. The van der Waals surface area contributed by atoms with Crippen molar-refractivity contribution in [1.82, 2.24) is 4.31 Å². The molecule has 2 rings (SSSR count). The summed E-state index contributed by atoms with van der Waals surface area (Å²) in [7, 11) is -3.28. The van der Waals surface area contributed by atoms with Gasteiger partial charge < -0.3 is 4.90 Å². The quantitative estimate of drug-likeness (QED) is 0.830. The Morgan fingerprint density at radius 3 is 2.62 bits per heavy atom. The summed E-state index contributed by atoms with van der Waals surface area (Å²) in [6.07, 6.45) is 2.25. The lowest BCUT2D eigenvalue weighted by Gasteiger charge is -2.25. The van der Waals surface area contributed by atoms with Crippen LogP contribution in [0.4, 0.5) is 5.69 Å². The molecule has 0 fully saturated rings. The summed E-state index contributed by atoms with van der Waals surface area (Å²) in [5.74, 6) is -0.0192. The number of para-hydroxylation sites is 1. The summed E-state index contributed by atoms with van der Waals surface area (Å²) in [6.45, 7) is 4.54. The predicted octanol–water partition coefficient (Wildman–Crippen LogP) is 1.64. The van der Waals surface area contributed by atoms with Crippen LogP contribution in [-0.4, -0.2) is 44.0 Å². The molecular formula is C15H22N2O3S. The highest BCUT2D eigenvalue weighted by atomic mass is 32.2. The van der Waals surface area contributed by atoms with Crippen molar-refractivity contribution in [3.63, 3.8) is 0 Å². The van der Waals surface area contributed by atoms with Crippen LogP contribution < -0.4 is 4.90 Å². The number of amides is 1. The maximum atomic E-state index is 12.4. The summed E-state index contributed by atoms with van der Waals surface area (Å²) >= 11 is 0. The molecule has 0 saturated carbocycles. The molecule has 116 valence electrons. The molecule has 0 unspecified atom stereocenters. The lowest BCUT2D eigenvalue weighted by atomic mass is 10.2. The molecule has 0 saturated heterocycles. The molecule has 6 heteroatoms. The first-order valence-corrected chi connectivity index (χ1v) is 9.00. The van der Waals surface area contributed by atoms with Crippen molar-refractivity contribution in [3.05, 3.63) is 29.8 Å². The average molecular weight is 310 g/mol. The van der Waals surface area contributed by atoms with Gasteiger partial charge in [0.1, 0.15) is 0 Å². The summed E-state index contributed by atoms with van der Waals surface area (Å²) < 4.78 is 24.8. The fourth-order valence-corrected chi connectivity index (χ4v) is 3.93. The Labute approximate surface area is 126 Å². The zero-order valence-electron chi connectivity index (χ0n) is 12.7. The van der Waals surface area contributed by atoms with Crippen molar-refractivity contribution < 1.29 is 13.2 Å². The third-order valence-electron chi connectivity index (χ3n) is 3.74. The maximum Gasteiger partial charge on any atom is 0.228 e. The molecule has 5 nitrogen and oxygen atoms in total. The number of nitrogens with zero attached hydrogens (tertiary/aromatic N) is 2. The van der Waals surface area contributed by atoms with Crippen LogP contribution >= 0.6 is 0 Å². The molecule has 0 aromatic heterocycles. The number of carbonyl (C=O) groups excluding carboxylic acids is 1. The molecule has 1 aromatic carbocycles. The Kier molecular flexibility index (Phi) is 4.68. The van der Waals surface area contributed by atoms with Crippen molar-refractivity contribution >= 4 is 21.6 Å². The molecule has 21 heavy (non-hydrogen) atoms. The van der Waals surface area contributed by atoms with Crippen LogP contribution in [0.2, 0.25) is 0 Å². The van der Waals surface area contributed by atoms with E-state index in [0.29, 0.717) is 6.54 Å². The Balaban J connectivity index is 2.03. The summed E-state index contributed by atoms with van der Waals surface area (Å²) in [5, 5.41) is 0. The van der Waals surface area contributed by atoms with Crippen LogP contribution in [0.1, 0.15) is 25.8 Å². The number of hydrogen-bond donors (Lipinski definition) is 0. The number of fused-ring (bicyclic) bond motifs is 1. The third kappa shape index (κ3) is 3.63. The molecule has 0 aliphatic carbocycles. The monoisotopic (exact) mass is 310 g/mol. The van der Waals surface area contributed by atoms with Crippen LogP contribution in [0.5, 0.6) is 0 Å². The van der Waals surface area contributed by atoms with E-state index < -0.39 is 10.0 Å². The number of rotatable bonds is 5. The lowest BCUT2D eigenvalue weighted by Crippen LogP contribution is -2.39. The van der Waals surface area contributed by atoms with Crippen LogP contribution in [0.15, 0.2) is 24.3 Å². The second-order valence-electron chi connectivity index (χ2n) is 5.64. The third-order valence-corrected chi connectivity index (χ3v) is 5.19. The molecule has 0 atom stereocenters. The Morgan fingerprint density at radius 1 is 1.33 bits per heavy atom. The van der Waals surface area contributed by atoms with Gasteiger partial charge in [-0.2, -0.15) is 4.31 Å². The second kappa shape index (κ2) is 6.15. The van der Waals surface area contributed by atoms with E-state index in [4.69, 9.17) is 0 Å². The Bertz CT molecular complexity index is 626. The molecule has 1 heterocycles. The SMILES string of the molecule is CC(C)N(CCC(=O)N1CCc2ccccc21)S(C)(=O)=O. The van der Waals surface area contributed by atoms with E-state index in [-0.39, 0.29) is 24.9 Å². The van der Waals surface area contributed by atoms with E-state index in [2.05, 4.69) is 0 Å². The normalized spacial score (nSPS) is 14.8. The van der Waals surface area contributed by atoms with E-state index in [1.54, 1.807) is 4.90 Å². The van der Waals surface area contributed by atoms with Gasteiger partial charge in [-0.05, 0) is 31.9 Å². The molecule has 1 aliphatic rings. The molecular weight excluding hydrogens is 288 g/mol. The minimum absolute atomic E-state index is 0.0192. The molecule has 1 aromatic rings. The highest BCUT2D eigenvalue weighted by Gasteiger charge is 2.26. The van der Waals surface area contributed by atoms with Crippen molar-refractivity contribution in [1.29, 1.82) is 0 Å². The maximum absolute atomic E-state index is 12.4. The van der Waals surface area contributed by atoms with E-state index in [1.165, 1.54) is 16.1 Å². The largest absolute Gasteiger partial charge is 0.312 e. The smallest absolute Gasteiger partial charge is 0.228 e. The fourth-order valence-electron chi connectivity index (χ4n) is 2.75. The summed E-state index contributed by atoms with van der Waals surface area (Å²) in [6, 6.07) is 7.72. The van der Waals surface area contributed by atoms with Gasteiger partial charge in [-0.25, -0.2) is 8.42 Å². The predicted molar refractivity (Wildman–Crippen MR) is 83.8 cm³/mol. The van der Waals surface area contributed by atoms with Gasteiger partial charge in [0.15, 0.2) is 0 Å². The number of sulfonamides is 1. The van der Waals surface area contributed by atoms with Gasteiger partial charge in [0.05, 0.1) is 6.26 Å². The first kappa shape index (κ1) is 16.0. The van der Waals surface area contributed by atoms with Gasteiger partial charge in [0.2, 0.25) is 15.9 Å². The van der Waals surface area contributed by atoms with Crippen LogP contribution in [0, 0.1) is 0 Å². The van der Waals surface area contributed by atoms with Gasteiger partial charge in [-0.1, -0.05) is 18.2 Å². The zero-order chi connectivity index (χ0) is 15.6. The minimum atomic E-state index is -3.28. The van der Waals surface area contributed by atoms with Crippen molar-refractivity contribution in [2.45, 2.75) is 32.7 Å². The van der Waals surface area contributed by atoms with Crippen LogP contribution in [-0.2, 0) is 21.2 Å². The zero-order valence-corrected chi connectivity index (χ0v) is 13.6. The number of hydrogen-bond acceptors (Lipinski definition) is 3. The number of anilines is 1. The molecule has 1 amide bonds. The van der Waals surface area contributed by atoms with Crippen molar-refractivity contribution in [2.75, 3.05) is 24.2 Å². The number of carbonyl (C=O) groups is 1. The van der Waals surface area contributed by atoms with Gasteiger partial charge >= 0.3 is 0 Å². The molecule has 0 spiro atoms. The average Bonchev–Trinajstić information content (AvgIpc) is 2.80. The van der Waals surface area contributed by atoms with Crippen LogP contribution in [0.3, 0.4) is 0 Å². The highest BCUT2D eigenvalue weighted by molar-refractivity contribution is 7.88. The van der Waals surface area contributed by atoms with Crippen molar-refractivity contribution in [3.8, 4) is 0 Å². The summed E-state index contributed by atoms with van der Waals surface area (Å²) in [5.41, 5.74) is 2.13. The molecule has 1 aliphatic heterocycles. The van der Waals surface area contributed by atoms with Gasteiger partial charge in [0.25, 0.3) is 0 Å². The number of benzene rings is 1. The minimum Gasteiger partial charge on any atom is -0.312 e. The summed E-state index contributed by atoms with van der Waals surface area (Å²) in [4.78, 5) is 14.1. The van der Waals surface area contributed by atoms with Gasteiger partial charge in [-0.15, -0.1) is 0 Å². The van der Waals surface area contributed by atoms with E-state index >= 15 is 0 Å². The molecule has 0 bridgehead atoms. The standard InChI is InChI=1S/C15H22N2O3S/c1-12(2)17(21(3,19)20)11-9-15(18)16-10-8-13-6-4-5-7-14(13)16/h4-7,12H,8-11H2,1-3H3. The van der Waals surface area contributed by atoms with Crippen molar-refractivity contribution in [2.24, 2.45) is 0 Å². The lowest BCUT2D eigenvalue weighted by molar-refractivity contribution is -0.118. The van der Waals surface area contributed by atoms with Gasteiger partial charge in [-0.3, -0.25) is 4.79 Å². The fraction of sp³-hybridized carbons (Fsp3) is 0.533. The van der Waals surface area contributed by atoms with E-state index in [1.807, 2.05) is 38.1 Å². The second-order valence-corrected chi connectivity index (χ2v) is 7.58. The first-order chi connectivity index (χ1) is 9.80. The van der Waals surface area contributed by atoms with E-state index in [9.17, 15) is 13.2 Å². The Hall–Kier alpha value is -1.40. The Morgan fingerprint density at radius 2 is 2.00 bits per heavy atom. The molecule has 0 radical (unpaired) electrons. The highest BCUT2D eigenvalue weighted by Crippen LogP contribution is 2.27. The molecule has 0 N–H and O–H groups in total. The van der Waals surface area contributed by atoms with Crippen LogP contribution in [0.25, 0.3) is 0 Å².